The smallest absolute Gasteiger partial charge is 0.475 e. The van der Waals surface area contributed by atoms with Crippen LogP contribution in [0.5, 0.6) is 0 Å². The third kappa shape index (κ3) is 9.74. The highest BCUT2D eigenvalue weighted by atomic mass is 19.4. The molecule has 2 fully saturated rings. The first-order chi connectivity index (χ1) is 17.4. The fourth-order valence-electron chi connectivity index (χ4n) is 4.19. The van der Waals surface area contributed by atoms with E-state index in [1.54, 1.807) is 6.20 Å². The second-order valence-electron chi connectivity index (χ2n) is 8.80. The van der Waals surface area contributed by atoms with Gasteiger partial charge in [0.15, 0.2) is 0 Å². The summed E-state index contributed by atoms with van der Waals surface area (Å²) in [7, 11) is 2.23. The molecule has 1 unspecified atom stereocenters. The monoisotopic (exact) mass is 559 g/mol. The van der Waals surface area contributed by atoms with Crippen molar-refractivity contribution in [2.75, 3.05) is 33.4 Å². The molecule has 1 amide bonds. The van der Waals surface area contributed by atoms with Crippen molar-refractivity contribution < 1.29 is 55.7 Å². The molecule has 1 atom stereocenters. The maximum atomic E-state index is 12.7. The van der Waals surface area contributed by atoms with Gasteiger partial charge in [-0.25, -0.2) is 9.59 Å². The third-order valence-electron chi connectivity index (χ3n) is 6.35. The zero-order valence-electron chi connectivity index (χ0n) is 21.1. The van der Waals surface area contributed by atoms with Crippen molar-refractivity contribution >= 4 is 17.8 Å². The van der Waals surface area contributed by atoms with Crippen LogP contribution in [-0.2, 0) is 14.3 Å². The van der Waals surface area contributed by atoms with Crippen molar-refractivity contribution in [1.29, 1.82) is 0 Å². The Morgan fingerprint density at radius 2 is 1.55 bits per heavy atom. The van der Waals surface area contributed by atoms with Gasteiger partial charge in [0.1, 0.15) is 5.69 Å². The van der Waals surface area contributed by atoms with Crippen molar-refractivity contribution in [1.82, 2.24) is 14.8 Å². The van der Waals surface area contributed by atoms with Crippen LogP contribution in [0.1, 0.15) is 48.7 Å². The second kappa shape index (κ2) is 13.7. The number of carbonyl (C=O) groups is 3. The van der Waals surface area contributed by atoms with Crippen LogP contribution in [0.4, 0.5) is 26.3 Å². The van der Waals surface area contributed by atoms with Crippen LogP contribution < -0.4 is 0 Å². The number of alkyl halides is 6. The Labute approximate surface area is 215 Å². The molecule has 2 aliphatic heterocycles. The summed E-state index contributed by atoms with van der Waals surface area (Å²) in [5, 5.41) is 14.2. The van der Waals surface area contributed by atoms with Crippen LogP contribution in [0.15, 0.2) is 18.3 Å². The Morgan fingerprint density at radius 1 is 1.05 bits per heavy atom. The van der Waals surface area contributed by atoms with E-state index < -0.39 is 24.3 Å². The number of pyridine rings is 1. The number of piperidine rings is 1. The maximum absolute atomic E-state index is 12.7. The topological polar surface area (TPSA) is 120 Å². The highest BCUT2D eigenvalue weighted by Gasteiger charge is 2.46. The van der Waals surface area contributed by atoms with Gasteiger partial charge in [0.2, 0.25) is 0 Å². The number of hydrogen-bond donors (Lipinski definition) is 2. The molecule has 0 radical (unpaired) electrons. The molecule has 216 valence electrons. The van der Waals surface area contributed by atoms with Crippen molar-refractivity contribution in [3.8, 4) is 0 Å². The van der Waals surface area contributed by atoms with Crippen LogP contribution in [0, 0.1) is 6.92 Å². The molecule has 2 N–H and O–H groups in total. The Hall–Kier alpha value is -2.94. The number of nitrogens with zero attached hydrogens (tertiary/aromatic N) is 3. The number of aromatic nitrogens is 1. The summed E-state index contributed by atoms with van der Waals surface area (Å²) >= 11 is 0. The number of carboxylic acid groups (broad SMARTS) is 2. The molecular formula is C23H31F6N3O6. The van der Waals surface area contributed by atoms with Crippen molar-refractivity contribution in [2.24, 2.45) is 0 Å². The summed E-state index contributed by atoms with van der Waals surface area (Å²) in [6, 6.07) is 4.33. The van der Waals surface area contributed by atoms with Gasteiger partial charge in [0.25, 0.3) is 5.91 Å². The van der Waals surface area contributed by atoms with Gasteiger partial charge in [0, 0.05) is 37.5 Å². The summed E-state index contributed by atoms with van der Waals surface area (Å²) in [4.78, 5) is 39.2. The van der Waals surface area contributed by atoms with Gasteiger partial charge in [-0.3, -0.25) is 14.7 Å². The molecule has 1 aromatic rings. The molecule has 1 spiro atoms. The number of aliphatic carboxylic acids is 2. The van der Waals surface area contributed by atoms with E-state index in [2.05, 4.69) is 16.9 Å². The summed E-state index contributed by atoms with van der Waals surface area (Å²) in [5.74, 6) is -5.44. The van der Waals surface area contributed by atoms with E-state index in [1.165, 1.54) is 12.8 Å². The predicted octanol–water partition coefficient (Wildman–Crippen LogP) is 3.76. The summed E-state index contributed by atoms with van der Waals surface area (Å²) in [6.07, 6.45) is -3.94. The van der Waals surface area contributed by atoms with E-state index in [4.69, 9.17) is 24.5 Å². The standard InChI is InChI=1S/C19H29N3O2.2C2HF3O2/c1-4-24-14-16-5-7-19(21(16)3)8-11-22(12-9-19)18(23)17-13-15(2)6-10-20-17;2*3-2(4,5)1(6)7/h6,10,13,16H,4-5,7-9,11-12,14H2,1-3H3;2*(H,6,7). The number of likely N-dealkylation sites (N-methyl/N-ethyl adjacent to an activating group) is 1. The number of aryl methyl sites for hydroxylation is 1. The van der Waals surface area contributed by atoms with E-state index in [0.717, 1.165) is 44.7 Å². The van der Waals surface area contributed by atoms with E-state index in [9.17, 15) is 31.1 Å². The molecule has 38 heavy (non-hydrogen) atoms. The number of amides is 1. The van der Waals surface area contributed by atoms with Crippen molar-refractivity contribution in [3.05, 3.63) is 29.6 Å². The average molecular weight is 560 g/mol. The summed E-state index contributed by atoms with van der Waals surface area (Å²) < 4.78 is 69.1. The van der Waals surface area contributed by atoms with Crippen LogP contribution in [-0.4, -0.2) is 100 Å². The first kappa shape index (κ1) is 33.1. The molecule has 3 heterocycles. The Morgan fingerprint density at radius 3 is 1.97 bits per heavy atom. The van der Waals surface area contributed by atoms with Crippen molar-refractivity contribution in [2.45, 2.75) is 63.5 Å². The molecule has 0 aliphatic carbocycles. The molecule has 0 aromatic carbocycles. The minimum atomic E-state index is -5.08. The van der Waals surface area contributed by atoms with Crippen LogP contribution in [0.25, 0.3) is 0 Å². The largest absolute Gasteiger partial charge is 0.490 e. The van der Waals surface area contributed by atoms with E-state index >= 15 is 0 Å². The van der Waals surface area contributed by atoms with E-state index in [0.29, 0.717) is 11.7 Å². The van der Waals surface area contributed by atoms with Gasteiger partial charge >= 0.3 is 24.3 Å². The maximum Gasteiger partial charge on any atom is 0.490 e. The first-order valence-corrected chi connectivity index (χ1v) is 11.6. The number of likely N-dealkylation sites (tertiary alicyclic amines) is 2. The third-order valence-corrected chi connectivity index (χ3v) is 6.35. The highest BCUT2D eigenvalue weighted by Crippen LogP contribution is 2.40. The summed E-state index contributed by atoms with van der Waals surface area (Å²) in [6.45, 7) is 7.29. The molecule has 1 aromatic heterocycles. The van der Waals surface area contributed by atoms with E-state index in [-0.39, 0.29) is 11.4 Å². The lowest BCUT2D eigenvalue weighted by atomic mass is 9.85. The molecule has 15 heteroatoms. The van der Waals surface area contributed by atoms with Gasteiger partial charge < -0.3 is 19.8 Å². The fraction of sp³-hybridized carbons (Fsp3) is 0.652. The zero-order valence-corrected chi connectivity index (χ0v) is 21.1. The lowest BCUT2D eigenvalue weighted by Gasteiger charge is -2.45. The molecule has 0 saturated carbocycles. The van der Waals surface area contributed by atoms with Gasteiger partial charge in [-0.1, -0.05) is 0 Å². The SMILES string of the molecule is CCOCC1CCC2(CCN(C(=O)c3cc(C)ccn3)CC2)N1C.O=C(O)C(F)(F)F.O=C(O)C(F)(F)F. The molecular weight excluding hydrogens is 528 g/mol. The number of carboxylic acids is 2. The summed E-state index contributed by atoms with van der Waals surface area (Å²) in [5.41, 5.74) is 1.90. The van der Waals surface area contributed by atoms with Gasteiger partial charge in [-0.2, -0.15) is 26.3 Å². The number of carbonyl (C=O) groups excluding carboxylic acids is 1. The fourth-order valence-corrected chi connectivity index (χ4v) is 4.19. The predicted molar refractivity (Wildman–Crippen MR) is 122 cm³/mol. The van der Waals surface area contributed by atoms with Gasteiger partial charge in [-0.15, -0.1) is 0 Å². The quantitative estimate of drug-likeness (QED) is 0.536. The molecule has 0 bridgehead atoms. The molecule has 3 rings (SSSR count). The minimum Gasteiger partial charge on any atom is -0.475 e. The van der Waals surface area contributed by atoms with Crippen molar-refractivity contribution in [3.63, 3.8) is 0 Å². The second-order valence-corrected chi connectivity index (χ2v) is 8.80. The normalized spacial score (nSPS) is 19.2. The number of ether oxygens (including phenoxy) is 1. The minimum absolute atomic E-state index is 0.0695. The number of halogens is 6. The molecule has 2 aliphatic rings. The Bertz CT molecular complexity index is 924. The Kier molecular flexibility index (Phi) is 12.0. The highest BCUT2D eigenvalue weighted by molar-refractivity contribution is 5.92. The Balaban J connectivity index is 0.000000426. The van der Waals surface area contributed by atoms with Crippen LogP contribution in [0.3, 0.4) is 0 Å². The molecule has 9 nitrogen and oxygen atoms in total. The lowest BCUT2D eigenvalue weighted by Crippen LogP contribution is -2.54. The lowest BCUT2D eigenvalue weighted by molar-refractivity contribution is -0.193. The number of rotatable bonds is 4. The van der Waals surface area contributed by atoms with Gasteiger partial charge in [0.05, 0.1) is 6.61 Å². The zero-order chi connectivity index (χ0) is 29.3. The van der Waals surface area contributed by atoms with Gasteiger partial charge in [-0.05, 0) is 64.3 Å². The van der Waals surface area contributed by atoms with Crippen LogP contribution in [0.2, 0.25) is 0 Å². The first-order valence-electron chi connectivity index (χ1n) is 11.6. The van der Waals surface area contributed by atoms with Crippen LogP contribution >= 0.6 is 0 Å². The number of hydrogen-bond acceptors (Lipinski definition) is 6. The van der Waals surface area contributed by atoms with E-state index in [1.807, 2.05) is 30.9 Å². The molecule has 2 saturated heterocycles. The average Bonchev–Trinajstić information content (AvgIpc) is 3.12.